The molecule has 0 saturated carbocycles. The summed E-state index contributed by atoms with van der Waals surface area (Å²) in [5, 5.41) is 2.61. The molecule has 0 aliphatic rings. The number of hydrogen-bond acceptors (Lipinski definition) is 3. The van der Waals surface area contributed by atoms with Crippen LogP contribution in [0.4, 0.5) is 5.95 Å². The number of imidazole rings is 1. The van der Waals surface area contributed by atoms with Crippen LogP contribution in [-0.2, 0) is 0 Å². The first kappa shape index (κ1) is 7.64. The van der Waals surface area contributed by atoms with E-state index >= 15 is 0 Å². The van der Waals surface area contributed by atoms with Crippen molar-refractivity contribution in [2.24, 2.45) is 0 Å². The molecule has 2 aromatic rings. The maximum absolute atomic E-state index is 5.76. The molecule has 0 aliphatic heterocycles. The second kappa shape index (κ2) is 2.80. The van der Waals surface area contributed by atoms with Gasteiger partial charge in [0.1, 0.15) is 0 Å². The summed E-state index contributed by atoms with van der Waals surface area (Å²) in [7, 11) is 0. The van der Waals surface area contributed by atoms with Gasteiger partial charge in [0.25, 0.3) is 0 Å². The van der Waals surface area contributed by atoms with Crippen LogP contribution in [-0.4, -0.2) is 9.97 Å². The minimum atomic E-state index is 0.425. The lowest BCUT2D eigenvalue weighted by Crippen LogP contribution is -1.84. The fourth-order valence-electron chi connectivity index (χ4n) is 0.916. The van der Waals surface area contributed by atoms with Crippen molar-refractivity contribution < 1.29 is 0 Å². The van der Waals surface area contributed by atoms with E-state index in [1.807, 2.05) is 11.4 Å². The molecule has 0 amide bonds. The van der Waals surface area contributed by atoms with Gasteiger partial charge in [-0.25, -0.2) is 4.98 Å². The lowest BCUT2D eigenvalue weighted by molar-refractivity contribution is 1.33. The van der Waals surface area contributed by atoms with Crippen LogP contribution in [0.15, 0.2) is 17.6 Å². The Labute approximate surface area is 78.2 Å². The number of rotatable bonds is 1. The van der Waals surface area contributed by atoms with E-state index < -0.39 is 0 Å². The molecule has 0 spiro atoms. The largest absolute Gasteiger partial charge is 0.369 e. The van der Waals surface area contributed by atoms with E-state index in [1.165, 1.54) is 0 Å². The standard InChI is InChI=1S/C7H6ClN3S/c8-4-1-6(12-3-4)5-2-10-7(9)11-5/h1-3H,(H3,9,10,11). The molecule has 0 bridgehead atoms. The van der Waals surface area contributed by atoms with Gasteiger partial charge in [0.2, 0.25) is 0 Å². The van der Waals surface area contributed by atoms with Crippen LogP contribution < -0.4 is 5.73 Å². The topological polar surface area (TPSA) is 54.7 Å². The van der Waals surface area contributed by atoms with Crippen LogP contribution in [0, 0.1) is 0 Å². The summed E-state index contributed by atoms with van der Waals surface area (Å²) in [5.41, 5.74) is 6.33. The van der Waals surface area contributed by atoms with E-state index in [9.17, 15) is 0 Å². The number of aromatic amines is 1. The summed E-state index contributed by atoms with van der Waals surface area (Å²) in [4.78, 5) is 7.86. The molecule has 62 valence electrons. The average molecular weight is 200 g/mol. The molecule has 2 aromatic heterocycles. The highest BCUT2D eigenvalue weighted by molar-refractivity contribution is 7.14. The summed E-state index contributed by atoms with van der Waals surface area (Å²) < 4.78 is 0. The molecule has 12 heavy (non-hydrogen) atoms. The minimum Gasteiger partial charge on any atom is -0.369 e. The lowest BCUT2D eigenvalue weighted by Gasteiger charge is -1.87. The summed E-state index contributed by atoms with van der Waals surface area (Å²) in [5.74, 6) is 0.425. The lowest BCUT2D eigenvalue weighted by atomic mass is 10.4. The smallest absolute Gasteiger partial charge is 0.197 e. The van der Waals surface area contributed by atoms with Gasteiger partial charge in [0.05, 0.1) is 21.8 Å². The van der Waals surface area contributed by atoms with Crippen LogP contribution in [0.2, 0.25) is 5.02 Å². The predicted molar refractivity (Wildman–Crippen MR) is 51.3 cm³/mol. The number of H-pyrrole nitrogens is 1. The Morgan fingerprint density at radius 2 is 2.42 bits per heavy atom. The SMILES string of the molecule is Nc1ncc(-c2cc(Cl)cs2)[nH]1. The van der Waals surface area contributed by atoms with Crippen LogP contribution in [0.25, 0.3) is 10.6 Å². The molecule has 3 nitrogen and oxygen atoms in total. The van der Waals surface area contributed by atoms with Crippen LogP contribution in [0.1, 0.15) is 0 Å². The van der Waals surface area contributed by atoms with Crippen molar-refractivity contribution in [3.63, 3.8) is 0 Å². The van der Waals surface area contributed by atoms with Crippen molar-refractivity contribution >= 4 is 28.9 Å². The molecular weight excluding hydrogens is 194 g/mol. The number of nitrogens with two attached hydrogens (primary N) is 1. The molecule has 0 saturated heterocycles. The minimum absolute atomic E-state index is 0.425. The van der Waals surface area contributed by atoms with Crippen LogP contribution >= 0.6 is 22.9 Å². The number of aromatic nitrogens is 2. The number of nitrogen functional groups attached to an aromatic ring is 1. The van der Waals surface area contributed by atoms with Gasteiger partial charge < -0.3 is 10.7 Å². The van der Waals surface area contributed by atoms with E-state index in [0.717, 1.165) is 15.6 Å². The Morgan fingerprint density at radius 1 is 1.58 bits per heavy atom. The number of halogens is 1. The van der Waals surface area contributed by atoms with Crippen LogP contribution in [0.3, 0.4) is 0 Å². The van der Waals surface area contributed by atoms with E-state index in [4.69, 9.17) is 17.3 Å². The Kier molecular flexibility index (Phi) is 1.78. The number of hydrogen-bond donors (Lipinski definition) is 2. The molecule has 0 fully saturated rings. The highest BCUT2D eigenvalue weighted by Gasteiger charge is 2.03. The Hall–Kier alpha value is -1.00. The third-order valence-electron chi connectivity index (χ3n) is 1.43. The molecule has 2 rings (SSSR count). The normalized spacial score (nSPS) is 10.4. The molecule has 0 unspecified atom stereocenters. The van der Waals surface area contributed by atoms with Gasteiger partial charge in [0, 0.05) is 5.38 Å². The van der Waals surface area contributed by atoms with Gasteiger partial charge in [-0.05, 0) is 6.07 Å². The molecule has 0 radical (unpaired) electrons. The fraction of sp³-hybridized carbons (Fsp3) is 0. The Bertz CT molecular complexity index is 355. The second-order valence-electron chi connectivity index (χ2n) is 2.31. The van der Waals surface area contributed by atoms with Crippen molar-refractivity contribution in [2.75, 3.05) is 5.73 Å². The first-order chi connectivity index (χ1) is 5.75. The summed E-state index contributed by atoms with van der Waals surface area (Å²) in [6.07, 6.45) is 1.69. The van der Waals surface area contributed by atoms with Gasteiger partial charge in [-0.2, -0.15) is 0 Å². The molecule has 0 atom stereocenters. The number of nitrogens with zero attached hydrogens (tertiary/aromatic N) is 1. The summed E-state index contributed by atoms with van der Waals surface area (Å²) >= 11 is 7.32. The molecule has 2 heterocycles. The molecule has 3 N–H and O–H groups in total. The third kappa shape index (κ3) is 1.31. The van der Waals surface area contributed by atoms with Crippen molar-refractivity contribution in [2.45, 2.75) is 0 Å². The summed E-state index contributed by atoms with van der Waals surface area (Å²) in [6, 6.07) is 1.87. The monoisotopic (exact) mass is 199 g/mol. The van der Waals surface area contributed by atoms with Gasteiger partial charge in [-0.1, -0.05) is 11.6 Å². The van der Waals surface area contributed by atoms with Crippen molar-refractivity contribution in [3.05, 3.63) is 22.7 Å². The second-order valence-corrected chi connectivity index (χ2v) is 3.66. The van der Waals surface area contributed by atoms with E-state index in [0.29, 0.717) is 5.95 Å². The first-order valence-corrected chi connectivity index (χ1v) is 4.56. The zero-order valence-corrected chi connectivity index (χ0v) is 7.62. The van der Waals surface area contributed by atoms with Gasteiger partial charge >= 0.3 is 0 Å². The zero-order chi connectivity index (χ0) is 8.55. The van der Waals surface area contributed by atoms with E-state index in [1.54, 1.807) is 17.5 Å². The third-order valence-corrected chi connectivity index (χ3v) is 2.74. The zero-order valence-electron chi connectivity index (χ0n) is 6.04. The van der Waals surface area contributed by atoms with Crippen molar-refractivity contribution in [1.82, 2.24) is 9.97 Å². The van der Waals surface area contributed by atoms with E-state index in [-0.39, 0.29) is 0 Å². The fourth-order valence-corrected chi connectivity index (χ4v) is 1.96. The highest BCUT2D eigenvalue weighted by atomic mass is 35.5. The number of nitrogens with one attached hydrogen (secondary N) is 1. The molecular formula is C7H6ClN3S. The first-order valence-electron chi connectivity index (χ1n) is 3.30. The summed E-state index contributed by atoms with van der Waals surface area (Å²) in [6.45, 7) is 0. The van der Waals surface area contributed by atoms with Gasteiger partial charge in [-0.3, -0.25) is 0 Å². The van der Waals surface area contributed by atoms with Crippen LogP contribution in [0.5, 0.6) is 0 Å². The molecule has 5 heteroatoms. The van der Waals surface area contributed by atoms with Gasteiger partial charge in [-0.15, -0.1) is 11.3 Å². The van der Waals surface area contributed by atoms with Crippen molar-refractivity contribution in [1.29, 1.82) is 0 Å². The van der Waals surface area contributed by atoms with Crippen molar-refractivity contribution in [3.8, 4) is 10.6 Å². The maximum Gasteiger partial charge on any atom is 0.197 e. The molecule has 0 aliphatic carbocycles. The number of thiophene rings is 1. The van der Waals surface area contributed by atoms with Gasteiger partial charge in [0.15, 0.2) is 5.95 Å². The average Bonchev–Trinajstić information content (AvgIpc) is 2.58. The highest BCUT2D eigenvalue weighted by Crippen LogP contribution is 2.28. The predicted octanol–water partition coefficient (Wildman–Crippen LogP) is 2.37. The maximum atomic E-state index is 5.76. The van der Waals surface area contributed by atoms with E-state index in [2.05, 4.69) is 9.97 Å². The Morgan fingerprint density at radius 3 is 2.92 bits per heavy atom. The molecule has 0 aromatic carbocycles. The quantitative estimate of drug-likeness (QED) is 0.741. The Balaban J connectivity index is 2.43. The number of anilines is 1.